The average molecular weight is 474 g/mol. The molecule has 2 aromatic carbocycles. The molecule has 9 heteroatoms. The standard InChI is InChI=1S/C21H26ClNO2.C2HF3O2/c22-19-8-4-9-20(16-19)25-15-5-12-23-13-10-18(11-14-23)21(24)17-6-2-1-3-7-17;3-2(4,5)1(6)7/h1-4,6-9,16,18,21,24H,5,10-15H2;(H,6,7). The predicted molar refractivity (Wildman–Crippen MR) is 116 cm³/mol. The third-order valence-electron chi connectivity index (χ3n) is 5.15. The fourth-order valence-electron chi connectivity index (χ4n) is 3.45. The van der Waals surface area contributed by atoms with Crippen LogP contribution in [0.1, 0.15) is 30.9 Å². The number of carboxylic acid groups (broad SMARTS) is 1. The highest BCUT2D eigenvalue weighted by Gasteiger charge is 2.38. The van der Waals surface area contributed by atoms with E-state index < -0.39 is 12.1 Å². The van der Waals surface area contributed by atoms with Gasteiger partial charge in [0.1, 0.15) is 5.75 Å². The molecule has 3 rings (SSSR count). The topological polar surface area (TPSA) is 70.0 Å². The lowest BCUT2D eigenvalue weighted by atomic mass is 9.87. The Labute approximate surface area is 190 Å². The first-order chi connectivity index (χ1) is 15.2. The number of ether oxygens (including phenoxy) is 1. The van der Waals surface area contributed by atoms with Crippen molar-refractivity contribution >= 4 is 17.6 Å². The normalized spacial score (nSPS) is 16.0. The van der Waals surface area contributed by atoms with Crippen molar-refractivity contribution < 1.29 is 32.9 Å². The molecule has 32 heavy (non-hydrogen) atoms. The van der Waals surface area contributed by atoms with E-state index in [4.69, 9.17) is 26.2 Å². The second kappa shape index (κ2) is 12.7. The van der Waals surface area contributed by atoms with Crippen LogP contribution in [0.3, 0.4) is 0 Å². The van der Waals surface area contributed by atoms with E-state index in [1.54, 1.807) is 0 Å². The molecule has 0 radical (unpaired) electrons. The fourth-order valence-corrected chi connectivity index (χ4v) is 3.63. The first-order valence-electron chi connectivity index (χ1n) is 10.3. The number of halogens is 4. The highest BCUT2D eigenvalue weighted by molar-refractivity contribution is 6.30. The van der Waals surface area contributed by atoms with Crippen molar-refractivity contribution in [3.8, 4) is 5.75 Å². The van der Waals surface area contributed by atoms with Gasteiger partial charge in [0.25, 0.3) is 0 Å². The maximum atomic E-state index is 10.6. The summed E-state index contributed by atoms with van der Waals surface area (Å²) >= 11 is 5.95. The molecule has 0 aliphatic carbocycles. The van der Waals surface area contributed by atoms with Crippen molar-refractivity contribution in [1.29, 1.82) is 0 Å². The Hall–Kier alpha value is -2.29. The molecule has 176 valence electrons. The summed E-state index contributed by atoms with van der Waals surface area (Å²) in [5.74, 6) is -1.56. The molecule has 2 N–H and O–H groups in total. The molecular weight excluding hydrogens is 447 g/mol. The van der Waals surface area contributed by atoms with Gasteiger partial charge in [0.05, 0.1) is 12.7 Å². The first-order valence-corrected chi connectivity index (χ1v) is 10.7. The van der Waals surface area contributed by atoms with Crippen LogP contribution in [0.4, 0.5) is 13.2 Å². The zero-order chi connectivity index (χ0) is 23.6. The molecular formula is C23H27ClF3NO4. The summed E-state index contributed by atoms with van der Waals surface area (Å²) in [6.45, 7) is 3.83. The van der Waals surface area contributed by atoms with Crippen LogP contribution < -0.4 is 4.74 Å². The van der Waals surface area contributed by atoms with Crippen molar-refractivity contribution in [2.24, 2.45) is 5.92 Å². The monoisotopic (exact) mass is 473 g/mol. The Morgan fingerprint density at radius 2 is 1.75 bits per heavy atom. The van der Waals surface area contributed by atoms with Crippen molar-refractivity contribution in [2.75, 3.05) is 26.2 Å². The Bertz CT molecular complexity index is 827. The Kier molecular flexibility index (Phi) is 10.3. The lowest BCUT2D eigenvalue weighted by Gasteiger charge is -2.34. The summed E-state index contributed by atoms with van der Waals surface area (Å²) in [4.78, 5) is 11.4. The van der Waals surface area contributed by atoms with Crippen LogP contribution >= 0.6 is 11.6 Å². The number of carbonyl (C=O) groups is 1. The minimum absolute atomic E-state index is 0.338. The highest BCUT2D eigenvalue weighted by Crippen LogP contribution is 2.30. The molecule has 2 aromatic rings. The summed E-state index contributed by atoms with van der Waals surface area (Å²) in [7, 11) is 0. The van der Waals surface area contributed by atoms with E-state index >= 15 is 0 Å². The van der Waals surface area contributed by atoms with Gasteiger partial charge in [-0.05, 0) is 62.0 Å². The summed E-state index contributed by atoms with van der Waals surface area (Å²) in [6.07, 6.45) is -2.33. The van der Waals surface area contributed by atoms with Crippen molar-refractivity contribution in [3.63, 3.8) is 0 Å². The van der Waals surface area contributed by atoms with Crippen LogP contribution in [0.25, 0.3) is 0 Å². The zero-order valence-electron chi connectivity index (χ0n) is 17.5. The van der Waals surface area contributed by atoms with Crippen LogP contribution in [0.15, 0.2) is 54.6 Å². The molecule has 0 amide bonds. The average Bonchev–Trinajstić information content (AvgIpc) is 2.77. The maximum absolute atomic E-state index is 10.6. The van der Waals surface area contributed by atoms with E-state index in [2.05, 4.69) is 4.90 Å². The summed E-state index contributed by atoms with van der Waals surface area (Å²) in [5.41, 5.74) is 1.04. The number of aliphatic carboxylic acids is 1. The van der Waals surface area contributed by atoms with Crippen LogP contribution in [0, 0.1) is 5.92 Å². The van der Waals surface area contributed by atoms with E-state index in [1.807, 2.05) is 54.6 Å². The van der Waals surface area contributed by atoms with Gasteiger partial charge in [-0.3, -0.25) is 0 Å². The largest absolute Gasteiger partial charge is 0.493 e. The predicted octanol–water partition coefficient (Wildman–Crippen LogP) is 5.19. The number of benzene rings is 2. The number of aliphatic hydroxyl groups is 1. The Morgan fingerprint density at radius 1 is 1.12 bits per heavy atom. The van der Waals surface area contributed by atoms with E-state index in [0.717, 1.165) is 50.2 Å². The lowest BCUT2D eigenvalue weighted by molar-refractivity contribution is -0.192. The summed E-state index contributed by atoms with van der Waals surface area (Å²) < 4.78 is 37.5. The molecule has 1 heterocycles. The number of aliphatic hydroxyl groups excluding tert-OH is 1. The van der Waals surface area contributed by atoms with Gasteiger partial charge >= 0.3 is 12.1 Å². The Morgan fingerprint density at radius 3 is 2.31 bits per heavy atom. The van der Waals surface area contributed by atoms with Crippen molar-refractivity contribution in [3.05, 3.63) is 65.2 Å². The van der Waals surface area contributed by atoms with Crippen LogP contribution in [-0.4, -0.2) is 53.5 Å². The number of nitrogens with zero attached hydrogens (tertiary/aromatic N) is 1. The number of piperidine rings is 1. The summed E-state index contributed by atoms with van der Waals surface area (Å²) in [6, 6.07) is 17.5. The van der Waals surface area contributed by atoms with Gasteiger partial charge in [0.2, 0.25) is 0 Å². The SMILES string of the molecule is O=C(O)C(F)(F)F.OC(c1ccccc1)C1CCN(CCCOc2cccc(Cl)c2)CC1. The van der Waals surface area contributed by atoms with Gasteiger partial charge < -0.3 is 19.8 Å². The highest BCUT2D eigenvalue weighted by atomic mass is 35.5. The molecule has 0 bridgehead atoms. The van der Waals surface area contributed by atoms with E-state index in [1.165, 1.54) is 0 Å². The van der Waals surface area contributed by atoms with Gasteiger partial charge in [-0.2, -0.15) is 13.2 Å². The second-order valence-electron chi connectivity index (χ2n) is 7.50. The molecule has 5 nitrogen and oxygen atoms in total. The van der Waals surface area contributed by atoms with Gasteiger partial charge in [0.15, 0.2) is 0 Å². The number of hydrogen-bond acceptors (Lipinski definition) is 4. The van der Waals surface area contributed by atoms with Crippen molar-refractivity contribution in [2.45, 2.75) is 31.5 Å². The minimum Gasteiger partial charge on any atom is -0.493 e. The molecule has 1 unspecified atom stereocenters. The van der Waals surface area contributed by atoms with Crippen LogP contribution in [0.2, 0.25) is 5.02 Å². The smallest absolute Gasteiger partial charge is 0.490 e. The maximum Gasteiger partial charge on any atom is 0.490 e. The van der Waals surface area contributed by atoms with Gasteiger partial charge in [-0.15, -0.1) is 0 Å². The molecule has 1 fully saturated rings. The third-order valence-corrected chi connectivity index (χ3v) is 5.38. The van der Waals surface area contributed by atoms with Crippen molar-refractivity contribution in [1.82, 2.24) is 4.90 Å². The van der Waals surface area contributed by atoms with E-state index in [0.29, 0.717) is 17.5 Å². The van der Waals surface area contributed by atoms with E-state index in [9.17, 15) is 18.3 Å². The molecule has 0 saturated carbocycles. The molecule has 0 aromatic heterocycles. The number of hydrogen-bond donors (Lipinski definition) is 2. The molecule has 0 spiro atoms. The quantitative estimate of drug-likeness (QED) is 0.542. The van der Waals surface area contributed by atoms with Crippen LogP contribution in [0.5, 0.6) is 5.75 Å². The van der Waals surface area contributed by atoms with Gasteiger partial charge in [-0.25, -0.2) is 4.79 Å². The van der Waals surface area contributed by atoms with Crippen LogP contribution in [-0.2, 0) is 4.79 Å². The first kappa shape index (κ1) is 26.0. The molecule has 1 saturated heterocycles. The number of alkyl halides is 3. The number of carboxylic acids is 1. The zero-order valence-corrected chi connectivity index (χ0v) is 18.2. The minimum atomic E-state index is -5.08. The number of likely N-dealkylation sites (tertiary alicyclic amines) is 1. The molecule has 1 aliphatic rings. The van der Waals surface area contributed by atoms with Gasteiger partial charge in [-0.1, -0.05) is 48.0 Å². The molecule has 1 aliphatic heterocycles. The van der Waals surface area contributed by atoms with Gasteiger partial charge in [0, 0.05) is 11.6 Å². The number of rotatable bonds is 7. The van der Waals surface area contributed by atoms with E-state index in [-0.39, 0.29) is 6.10 Å². The fraction of sp³-hybridized carbons (Fsp3) is 0.435. The second-order valence-corrected chi connectivity index (χ2v) is 7.93. The lowest BCUT2D eigenvalue weighted by Crippen LogP contribution is -2.36. The third kappa shape index (κ3) is 9.06. The summed E-state index contributed by atoms with van der Waals surface area (Å²) in [5, 5.41) is 18.4. The molecule has 1 atom stereocenters. The Balaban J connectivity index is 0.000000451.